The summed E-state index contributed by atoms with van der Waals surface area (Å²) in [5.74, 6) is 0. The van der Waals surface area contributed by atoms with Crippen LogP contribution in [0.25, 0.3) is 5.57 Å². The van der Waals surface area contributed by atoms with Gasteiger partial charge in [-0.15, -0.1) is 0 Å². The molecule has 4 heteroatoms. The van der Waals surface area contributed by atoms with E-state index in [0.717, 1.165) is 17.8 Å². The van der Waals surface area contributed by atoms with Gasteiger partial charge < -0.3 is 9.64 Å². The second kappa shape index (κ2) is 8.41. The Kier molecular flexibility index (Phi) is 5.54. The number of rotatable bonds is 6. The van der Waals surface area contributed by atoms with Crippen LogP contribution in [-0.2, 0) is 4.74 Å². The lowest BCUT2D eigenvalue weighted by molar-refractivity contribution is 0.0258. The van der Waals surface area contributed by atoms with E-state index in [2.05, 4.69) is 76.4 Å². The molecule has 2 unspecified atom stereocenters. The number of allylic oxidation sites excluding steroid dienone is 2. The monoisotopic (exact) mass is 383 g/mol. The molecule has 0 saturated heterocycles. The Morgan fingerprint density at radius 1 is 0.931 bits per heavy atom. The minimum Gasteiger partial charge on any atom is -0.371 e. The van der Waals surface area contributed by atoms with E-state index < -0.39 is 5.60 Å². The number of ether oxygens (including phenoxy) is 1. The molecule has 4 nitrogen and oxygen atoms in total. The van der Waals surface area contributed by atoms with Crippen molar-refractivity contribution in [1.82, 2.24) is 9.97 Å². The molecule has 1 aromatic carbocycles. The highest BCUT2D eigenvalue weighted by Gasteiger charge is 2.44. The third kappa shape index (κ3) is 3.59. The molecule has 2 atom stereocenters. The first-order valence-electron chi connectivity index (χ1n) is 9.83. The van der Waals surface area contributed by atoms with Gasteiger partial charge in [-0.1, -0.05) is 48.6 Å². The lowest BCUT2D eigenvalue weighted by Crippen LogP contribution is -2.52. The fourth-order valence-corrected chi connectivity index (χ4v) is 4.17. The Labute approximate surface area is 172 Å². The van der Waals surface area contributed by atoms with Gasteiger partial charge in [0.2, 0.25) is 0 Å². The van der Waals surface area contributed by atoms with Gasteiger partial charge in [0.1, 0.15) is 5.60 Å². The van der Waals surface area contributed by atoms with Crippen LogP contribution in [0, 0.1) is 0 Å². The Morgan fingerprint density at radius 2 is 1.59 bits per heavy atom. The number of hydrogen-bond donors (Lipinski definition) is 0. The highest BCUT2D eigenvalue weighted by Crippen LogP contribution is 2.43. The molecule has 3 aromatic rings. The van der Waals surface area contributed by atoms with Gasteiger partial charge in [0.15, 0.2) is 0 Å². The van der Waals surface area contributed by atoms with Crippen molar-refractivity contribution in [3.63, 3.8) is 0 Å². The normalized spacial score (nSPS) is 19.4. The van der Waals surface area contributed by atoms with Crippen molar-refractivity contribution >= 4 is 16.9 Å². The Bertz CT molecular complexity index is 947. The first kappa shape index (κ1) is 19.1. The average Bonchev–Trinajstić information content (AvgIpc) is 2.81. The summed E-state index contributed by atoms with van der Waals surface area (Å²) in [6.07, 6.45) is 14.6. The maximum atomic E-state index is 6.33. The maximum Gasteiger partial charge on any atom is 0.117 e. The van der Waals surface area contributed by atoms with Crippen LogP contribution < -0.4 is 4.90 Å². The molecular formula is C25H25N3O. The minimum atomic E-state index is -0.526. The summed E-state index contributed by atoms with van der Waals surface area (Å²) in [5, 5.41) is 0. The van der Waals surface area contributed by atoms with E-state index in [0.29, 0.717) is 0 Å². The smallest absolute Gasteiger partial charge is 0.117 e. The summed E-state index contributed by atoms with van der Waals surface area (Å²) in [7, 11) is 1.80. The molecule has 0 radical (unpaired) electrons. The zero-order valence-corrected chi connectivity index (χ0v) is 16.8. The zero-order chi connectivity index (χ0) is 20.1. The number of methoxy groups -OCH3 is 1. The molecule has 4 rings (SSSR count). The predicted molar refractivity (Wildman–Crippen MR) is 118 cm³/mol. The number of pyridine rings is 2. The van der Waals surface area contributed by atoms with Crippen LogP contribution in [0.5, 0.6) is 0 Å². The summed E-state index contributed by atoms with van der Waals surface area (Å²) < 4.78 is 6.33. The number of anilines is 2. The summed E-state index contributed by atoms with van der Waals surface area (Å²) in [4.78, 5) is 11.0. The summed E-state index contributed by atoms with van der Waals surface area (Å²) in [5.41, 5.74) is 3.83. The Hall–Kier alpha value is -3.24. The Morgan fingerprint density at radius 3 is 2.14 bits per heavy atom. The lowest BCUT2D eigenvalue weighted by atomic mass is 9.76. The lowest BCUT2D eigenvalue weighted by Gasteiger charge is -2.46. The second-order valence-electron chi connectivity index (χ2n) is 7.14. The molecule has 0 spiro atoms. The topological polar surface area (TPSA) is 38.2 Å². The molecule has 0 amide bonds. The van der Waals surface area contributed by atoms with E-state index in [1.807, 2.05) is 30.6 Å². The van der Waals surface area contributed by atoms with Crippen molar-refractivity contribution < 1.29 is 4.74 Å². The Balaban J connectivity index is 1.84. The molecule has 0 aliphatic heterocycles. The largest absolute Gasteiger partial charge is 0.371 e. The van der Waals surface area contributed by atoms with Crippen LogP contribution in [0.4, 0.5) is 11.4 Å². The fourth-order valence-electron chi connectivity index (χ4n) is 4.17. The van der Waals surface area contributed by atoms with Gasteiger partial charge >= 0.3 is 0 Å². The van der Waals surface area contributed by atoms with Gasteiger partial charge in [-0.05, 0) is 42.3 Å². The molecule has 0 fully saturated rings. The molecule has 0 bridgehead atoms. The van der Waals surface area contributed by atoms with Crippen molar-refractivity contribution in [2.24, 2.45) is 0 Å². The van der Waals surface area contributed by atoms with Gasteiger partial charge in [-0.25, -0.2) is 0 Å². The van der Waals surface area contributed by atoms with Gasteiger partial charge in [-0.3, -0.25) is 9.97 Å². The van der Waals surface area contributed by atoms with E-state index >= 15 is 0 Å². The molecule has 29 heavy (non-hydrogen) atoms. The SMILES string of the molecule is COC1(C(C)N(c2cccnc2)c2cccnc2)CC=CC=C1c1ccccc1. The van der Waals surface area contributed by atoms with Crippen molar-refractivity contribution in [2.75, 3.05) is 12.0 Å². The quantitative estimate of drug-likeness (QED) is 0.569. The molecule has 1 aliphatic carbocycles. The second-order valence-corrected chi connectivity index (χ2v) is 7.14. The van der Waals surface area contributed by atoms with E-state index in [9.17, 15) is 0 Å². The average molecular weight is 383 g/mol. The van der Waals surface area contributed by atoms with E-state index in [-0.39, 0.29) is 6.04 Å². The number of nitrogens with zero attached hydrogens (tertiary/aromatic N) is 3. The van der Waals surface area contributed by atoms with Crippen molar-refractivity contribution in [2.45, 2.75) is 25.0 Å². The van der Waals surface area contributed by atoms with E-state index in [1.54, 1.807) is 19.5 Å². The van der Waals surface area contributed by atoms with Crippen molar-refractivity contribution in [3.8, 4) is 0 Å². The van der Waals surface area contributed by atoms with Gasteiger partial charge in [0.05, 0.1) is 29.8 Å². The van der Waals surface area contributed by atoms with Crippen LogP contribution in [0.3, 0.4) is 0 Å². The minimum absolute atomic E-state index is 0.0164. The number of hydrogen-bond acceptors (Lipinski definition) is 4. The first-order chi connectivity index (χ1) is 14.3. The fraction of sp³-hybridized carbons (Fsp3) is 0.200. The van der Waals surface area contributed by atoms with Gasteiger partial charge in [-0.2, -0.15) is 0 Å². The predicted octanol–water partition coefficient (Wildman–Crippen LogP) is 5.43. The third-order valence-electron chi connectivity index (χ3n) is 5.64. The summed E-state index contributed by atoms with van der Waals surface area (Å²) >= 11 is 0. The molecular weight excluding hydrogens is 358 g/mol. The summed E-state index contributed by atoms with van der Waals surface area (Å²) in [6.45, 7) is 2.21. The number of benzene rings is 1. The summed E-state index contributed by atoms with van der Waals surface area (Å²) in [6, 6.07) is 18.5. The van der Waals surface area contributed by atoms with E-state index in [4.69, 9.17) is 4.74 Å². The number of aromatic nitrogens is 2. The van der Waals surface area contributed by atoms with Gasteiger partial charge in [0.25, 0.3) is 0 Å². The van der Waals surface area contributed by atoms with Crippen molar-refractivity contribution in [1.29, 1.82) is 0 Å². The van der Waals surface area contributed by atoms with Crippen LogP contribution in [-0.4, -0.2) is 28.7 Å². The highest BCUT2D eigenvalue weighted by atomic mass is 16.5. The molecule has 0 N–H and O–H groups in total. The van der Waals surface area contributed by atoms with Crippen LogP contribution in [0.2, 0.25) is 0 Å². The van der Waals surface area contributed by atoms with Crippen LogP contribution >= 0.6 is 0 Å². The van der Waals surface area contributed by atoms with Crippen LogP contribution in [0.15, 0.2) is 97.6 Å². The standard InChI is InChI=1S/C25H25N3O/c1-20(28(22-12-8-16-26-18-22)23-13-9-17-27-19-23)25(29-2)15-7-6-14-24(25)21-10-4-3-5-11-21/h3-14,16-20H,15H2,1-2H3. The van der Waals surface area contributed by atoms with Crippen LogP contribution in [0.1, 0.15) is 18.9 Å². The third-order valence-corrected chi connectivity index (χ3v) is 5.64. The molecule has 146 valence electrons. The van der Waals surface area contributed by atoms with Crippen molar-refractivity contribution in [3.05, 3.63) is 103 Å². The zero-order valence-electron chi connectivity index (χ0n) is 16.8. The highest BCUT2D eigenvalue weighted by molar-refractivity contribution is 5.78. The molecule has 0 saturated carbocycles. The molecule has 1 aliphatic rings. The maximum absolute atomic E-state index is 6.33. The van der Waals surface area contributed by atoms with E-state index in [1.165, 1.54) is 11.1 Å². The first-order valence-corrected chi connectivity index (χ1v) is 9.83. The molecule has 2 heterocycles. The van der Waals surface area contributed by atoms with Gasteiger partial charge in [0, 0.05) is 25.9 Å². The molecule has 2 aromatic heterocycles.